The van der Waals surface area contributed by atoms with E-state index in [1.54, 1.807) is 14.0 Å². The van der Waals surface area contributed by atoms with E-state index in [1.807, 2.05) is 20.8 Å². The van der Waals surface area contributed by atoms with Crippen LogP contribution < -0.4 is 0 Å². The summed E-state index contributed by atoms with van der Waals surface area (Å²) in [6, 6.07) is 0. The van der Waals surface area contributed by atoms with Crippen molar-refractivity contribution in [2.24, 2.45) is 0 Å². The Kier molecular flexibility index (Phi) is 3.41. The van der Waals surface area contributed by atoms with E-state index >= 15 is 0 Å². The monoisotopic (exact) mass is 216 g/mol. The molecule has 4 nitrogen and oxygen atoms in total. The van der Waals surface area contributed by atoms with Crippen molar-refractivity contribution >= 4 is 5.97 Å². The Hall–Kier alpha value is -0.610. The van der Waals surface area contributed by atoms with Crippen LogP contribution in [0.1, 0.15) is 34.1 Å². The molecule has 0 bridgehead atoms. The van der Waals surface area contributed by atoms with Gasteiger partial charge in [-0.2, -0.15) is 0 Å². The van der Waals surface area contributed by atoms with E-state index in [9.17, 15) is 4.79 Å². The number of hydrogen-bond acceptors (Lipinski definition) is 4. The van der Waals surface area contributed by atoms with E-state index in [0.717, 1.165) is 0 Å². The van der Waals surface area contributed by atoms with Crippen molar-refractivity contribution in [3.63, 3.8) is 0 Å². The average molecular weight is 216 g/mol. The second kappa shape index (κ2) is 4.10. The van der Waals surface area contributed by atoms with E-state index in [1.165, 1.54) is 0 Å². The molecular weight excluding hydrogens is 196 g/mol. The van der Waals surface area contributed by atoms with Crippen LogP contribution in [0.4, 0.5) is 0 Å². The number of epoxide rings is 1. The Morgan fingerprint density at radius 3 is 2.47 bits per heavy atom. The zero-order chi connectivity index (χ0) is 11.7. The van der Waals surface area contributed by atoms with Crippen molar-refractivity contribution in [2.45, 2.75) is 51.4 Å². The first-order valence-corrected chi connectivity index (χ1v) is 5.38. The fraction of sp³-hybridized carbons (Fsp3) is 0.909. The van der Waals surface area contributed by atoms with Gasteiger partial charge in [0.1, 0.15) is 5.60 Å². The van der Waals surface area contributed by atoms with Gasteiger partial charge < -0.3 is 14.2 Å². The van der Waals surface area contributed by atoms with Crippen molar-refractivity contribution in [3.05, 3.63) is 0 Å². The minimum Gasteiger partial charge on any atom is -0.464 e. The highest BCUT2D eigenvalue weighted by atomic mass is 16.7. The van der Waals surface area contributed by atoms with Crippen LogP contribution in [0.15, 0.2) is 0 Å². The van der Waals surface area contributed by atoms with E-state index in [2.05, 4.69) is 0 Å². The third kappa shape index (κ3) is 1.66. The summed E-state index contributed by atoms with van der Waals surface area (Å²) < 4.78 is 15.9. The van der Waals surface area contributed by atoms with Gasteiger partial charge in [0.25, 0.3) is 0 Å². The van der Waals surface area contributed by atoms with Crippen molar-refractivity contribution < 1.29 is 19.0 Å². The maximum absolute atomic E-state index is 11.8. The Morgan fingerprint density at radius 1 is 1.47 bits per heavy atom. The molecule has 0 N–H and O–H groups in total. The lowest BCUT2D eigenvalue weighted by Gasteiger charge is -2.19. The van der Waals surface area contributed by atoms with Crippen LogP contribution in [0, 0.1) is 0 Å². The van der Waals surface area contributed by atoms with Gasteiger partial charge in [0.2, 0.25) is 0 Å². The molecule has 0 aromatic heterocycles. The number of hydrogen-bond donors (Lipinski definition) is 0. The van der Waals surface area contributed by atoms with Crippen molar-refractivity contribution in [1.29, 1.82) is 0 Å². The van der Waals surface area contributed by atoms with Crippen LogP contribution in [-0.2, 0) is 19.0 Å². The van der Waals surface area contributed by atoms with Crippen LogP contribution in [0.25, 0.3) is 0 Å². The molecule has 1 aliphatic heterocycles. The van der Waals surface area contributed by atoms with E-state index in [0.29, 0.717) is 13.0 Å². The van der Waals surface area contributed by atoms with Gasteiger partial charge in [0.05, 0.1) is 12.7 Å². The van der Waals surface area contributed by atoms with Crippen LogP contribution in [-0.4, -0.2) is 37.0 Å². The quantitative estimate of drug-likeness (QED) is 0.516. The highest BCUT2D eigenvalue weighted by Crippen LogP contribution is 2.53. The number of carbonyl (C=O) groups is 1. The molecule has 3 unspecified atom stereocenters. The zero-order valence-electron chi connectivity index (χ0n) is 10.1. The standard InChI is InChI=1S/C11H20O4/c1-6-11(9(12)14-7-2)10(4,15-11)8(3)13-5/h8H,6-7H2,1-5H3. The van der Waals surface area contributed by atoms with Gasteiger partial charge in [0.15, 0.2) is 5.60 Å². The SMILES string of the molecule is CCOC(=O)C1(CC)OC1(C)C(C)OC. The molecular formula is C11H20O4. The number of carbonyl (C=O) groups excluding carboxylic acids is 1. The summed E-state index contributed by atoms with van der Waals surface area (Å²) in [5.41, 5.74) is -1.36. The van der Waals surface area contributed by atoms with Gasteiger partial charge in [-0.3, -0.25) is 0 Å². The summed E-state index contributed by atoms with van der Waals surface area (Å²) in [6.07, 6.45) is 0.484. The summed E-state index contributed by atoms with van der Waals surface area (Å²) in [4.78, 5) is 11.8. The summed E-state index contributed by atoms with van der Waals surface area (Å²) in [6.45, 7) is 7.88. The minimum absolute atomic E-state index is 0.123. The molecule has 1 rings (SSSR count). The maximum Gasteiger partial charge on any atom is 0.341 e. The Bertz CT molecular complexity index is 253. The lowest BCUT2D eigenvalue weighted by molar-refractivity contribution is -0.149. The molecule has 1 heterocycles. The molecule has 3 atom stereocenters. The summed E-state index contributed by atoms with van der Waals surface area (Å²) in [7, 11) is 1.61. The molecule has 4 heteroatoms. The molecule has 0 radical (unpaired) electrons. The number of ether oxygens (including phenoxy) is 3. The molecule has 0 saturated carbocycles. The normalized spacial score (nSPS) is 36.1. The van der Waals surface area contributed by atoms with E-state index in [4.69, 9.17) is 14.2 Å². The Labute approximate surface area is 90.9 Å². The predicted octanol–water partition coefficient (Wildman–Crippen LogP) is 1.52. The largest absolute Gasteiger partial charge is 0.464 e. The van der Waals surface area contributed by atoms with Crippen LogP contribution in [0.3, 0.4) is 0 Å². The molecule has 88 valence electrons. The molecule has 15 heavy (non-hydrogen) atoms. The van der Waals surface area contributed by atoms with Crippen LogP contribution in [0.2, 0.25) is 0 Å². The van der Waals surface area contributed by atoms with E-state index < -0.39 is 11.2 Å². The predicted molar refractivity (Wildman–Crippen MR) is 55.6 cm³/mol. The van der Waals surface area contributed by atoms with Crippen molar-refractivity contribution in [1.82, 2.24) is 0 Å². The fourth-order valence-electron chi connectivity index (χ4n) is 2.03. The number of rotatable bonds is 5. The molecule has 1 saturated heterocycles. The third-order valence-electron chi connectivity index (χ3n) is 3.38. The minimum atomic E-state index is -0.807. The lowest BCUT2D eigenvalue weighted by atomic mass is 9.88. The van der Waals surface area contributed by atoms with Crippen molar-refractivity contribution in [3.8, 4) is 0 Å². The molecule has 0 aromatic rings. The van der Waals surface area contributed by atoms with Gasteiger partial charge in [-0.15, -0.1) is 0 Å². The molecule has 1 aliphatic rings. The third-order valence-corrected chi connectivity index (χ3v) is 3.38. The van der Waals surface area contributed by atoms with Gasteiger partial charge in [-0.25, -0.2) is 4.79 Å². The maximum atomic E-state index is 11.8. The second-order valence-electron chi connectivity index (χ2n) is 3.99. The Morgan fingerprint density at radius 2 is 2.07 bits per heavy atom. The smallest absolute Gasteiger partial charge is 0.341 e. The Balaban J connectivity index is 2.80. The molecule has 0 spiro atoms. The lowest BCUT2D eigenvalue weighted by Crippen LogP contribution is -2.40. The summed E-state index contributed by atoms with van der Waals surface area (Å²) in [5, 5.41) is 0. The van der Waals surface area contributed by atoms with E-state index in [-0.39, 0.29) is 12.1 Å². The highest BCUT2D eigenvalue weighted by Gasteiger charge is 2.74. The highest BCUT2D eigenvalue weighted by molar-refractivity contribution is 5.85. The van der Waals surface area contributed by atoms with Gasteiger partial charge in [-0.05, 0) is 27.2 Å². The molecule has 0 aliphatic carbocycles. The van der Waals surface area contributed by atoms with Gasteiger partial charge in [-0.1, -0.05) is 6.92 Å². The van der Waals surface area contributed by atoms with Gasteiger partial charge >= 0.3 is 5.97 Å². The topological polar surface area (TPSA) is 48.1 Å². The first-order valence-electron chi connectivity index (χ1n) is 5.38. The fourth-order valence-corrected chi connectivity index (χ4v) is 2.03. The average Bonchev–Trinajstić information content (AvgIpc) is 2.86. The molecule has 0 amide bonds. The number of methoxy groups -OCH3 is 1. The first kappa shape index (κ1) is 12.5. The van der Waals surface area contributed by atoms with Crippen molar-refractivity contribution in [2.75, 3.05) is 13.7 Å². The van der Waals surface area contributed by atoms with Crippen LogP contribution in [0.5, 0.6) is 0 Å². The number of esters is 1. The summed E-state index contributed by atoms with van der Waals surface area (Å²) >= 11 is 0. The zero-order valence-corrected chi connectivity index (χ0v) is 10.1. The second-order valence-corrected chi connectivity index (χ2v) is 3.99. The molecule has 0 aromatic carbocycles. The first-order chi connectivity index (χ1) is 6.98. The summed E-state index contributed by atoms with van der Waals surface area (Å²) in [5.74, 6) is -0.279. The molecule has 1 fully saturated rings. The van der Waals surface area contributed by atoms with Crippen LogP contribution >= 0.6 is 0 Å². The van der Waals surface area contributed by atoms with Gasteiger partial charge in [0, 0.05) is 7.11 Å².